The smallest absolute Gasteiger partial charge is 0.251 e. The maximum Gasteiger partial charge on any atom is 0.251 e. The summed E-state index contributed by atoms with van der Waals surface area (Å²) in [5, 5.41) is 2.95. The highest BCUT2D eigenvalue weighted by Crippen LogP contribution is 2.21. The fraction of sp³-hybridized carbons (Fsp3) is 0.350. The predicted octanol–water partition coefficient (Wildman–Crippen LogP) is 3.57. The zero-order valence-corrected chi connectivity index (χ0v) is 16.3. The van der Waals surface area contributed by atoms with E-state index in [0.29, 0.717) is 11.3 Å². The third-order valence-electron chi connectivity index (χ3n) is 4.09. The van der Waals surface area contributed by atoms with Gasteiger partial charge in [-0.15, -0.1) is 0 Å². The van der Waals surface area contributed by atoms with Crippen LogP contribution in [0.5, 0.6) is 0 Å². The molecule has 26 heavy (non-hydrogen) atoms. The molecule has 0 aliphatic carbocycles. The molecule has 1 amide bonds. The van der Waals surface area contributed by atoms with Crippen molar-refractivity contribution >= 4 is 21.6 Å². The largest absolute Gasteiger partial charge is 0.350 e. The SMILES string of the molecule is CCCC(C)NC(=O)c1ccc(N(Cc2ccccc2)S(C)(=O)=O)cc1. The van der Waals surface area contributed by atoms with Crippen molar-refractivity contribution in [1.82, 2.24) is 5.32 Å². The van der Waals surface area contributed by atoms with Crippen molar-refractivity contribution in [1.29, 1.82) is 0 Å². The van der Waals surface area contributed by atoms with Gasteiger partial charge < -0.3 is 5.32 Å². The molecule has 0 spiro atoms. The van der Waals surface area contributed by atoms with Crippen molar-refractivity contribution in [2.75, 3.05) is 10.6 Å². The predicted molar refractivity (Wildman–Crippen MR) is 106 cm³/mol. The molecule has 140 valence electrons. The van der Waals surface area contributed by atoms with Crippen LogP contribution in [0.2, 0.25) is 0 Å². The van der Waals surface area contributed by atoms with Gasteiger partial charge in [-0.2, -0.15) is 0 Å². The number of amides is 1. The molecule has 5 nitrogen and oxygen atoms in total. The summed E-state index contributed by atoms with van der Waals surface area (Å²) in [6.07, 6.45) is 3.11. The Morgan fingerprint density at radius 2 is 1.69 bits per heavy atom. The number of carbonyl (C=O) groups excluding carboxylic acids is 1. The van der Waals surface area contributed by atoms with Gasteiger partial charge in [0.15, 0.2) is 0 Å². The molecule has 6 heteroatoms. The van der Waals surface area contributed by atoms with Crippen LogP contribution >= 0.6 is 0 Å². The number of anilines is 1. The molecule has 0 bridgehead atoms. The molecule has 2 aromatic rings. The number of carbonyl (C=O) groups is 1. The molecular formula is C20H26N2O3S. The molecule has 0 aliphatic heterocycles. The average Bonchev–Trinajstić information content (AvgIpc) is 2.60. The van der Waals surface area contributed by atoms with Gasteiger partial charge >= 0.3 is 0 Å². The number of rotatable bonds is 8. The van der Waals surface area contributed by atoms with Crippen molar-refractivity contribution in [3.8, 4) is 0 Å². The maximum absolute atomic E-state index is 12.3. The van der Waals surface area contributed by atoms with E-state index in [4.69, 9.17) is 0 Å². The van der Waals surface area contributed by atoms with E-state index >= 15 is 0 Å². The molecule has 0 radical (unpaired) electrons. The van der Waals surface area contributed by atoms with Gasteiger partial charge in [0.1, 0.15) is 0 Å². The lowest BCUT2D eigenvalue weighted by Crippen LogP contribution is -2.32. The Morgan fingerprint density at radius 3 is 2.23 bits per heavy atom. The van der Waals surface area contributed by atoms with E-state index in [0.717, 1.165) is 18.4 Å². The van der Waals surface area contributed by atoms with Crippen LogP contribution in [0.25, 0.3) is 0 Å². The monoisotopic (exact) mass is 374 g/mol. The molecule has 0 heterocycles. The molecule has 0 saturated carbocycles. The minimum absolute atomic E-state index is 0.109. The van der Waals surface area contributed by atoms with Crippen molar-refractivity contribution in [3.05, 3.63) is 65.7 Å². The lowest BCUT2D eigenvalue weighted by molar-refractivity contribution is 0.0938. The van der Waals surface area contributed by atoms with Gasteiger partial charge in [-0.1, -0.05) is 43.7 Å². The van der Waals surface area contributed by atoms with Gasteiger partial charge in [0.2, 0.25) is 10.0 Å². The van der Waals surface area contributed by atoms with Crippen molar-refractivity contribution < 1.29 is 13.2 Å². The molecule has 0 aliphatic rings. The zero-order chi connectivity index (χ0) is 19.2. The molecule has 0 aromatic heterocycles. The van der Waals surface area contributed by atoms with E-state index in [2.05, 4.69) is 12.2 Å². The van der Waals surface area contributed by atoms with Gasteiger partial charge in [-0.25, -0.2) is 8.42 Å². The highest BCUT2D eigenvalue weighted by molar-refractivity contribution is 7.92. The Labute approximate surface area is 156 Å². The lowest BCUT2D eigenvalue weighted by Gasteiger charge is -2.23. The van der Waals surface area contributed by atoms with Crippen LogP contribution in [0, 0.1) is 0 Å². The van der Waals surface area contributed by atoms with Crippen LogP contribution in [0.3, 0.4) is 0 Å². The van der Waals surface area contributed by atoms with E-state index in [1.807, 2.05) is 37.3 Å². The van der Waals surface area contributed by atoms with Crippen LogP contribution in [0.15, 0.2) is 54.6 Å². The third-order valence-corrected chi connectivity index (χ3v) is 5.23. The second-order valence-electron chi connectivity index (χ2n) is 6.47. The fourth-order valence-electron chi connectivity index (χ4n) is 2.74. The van der Waals surface area contributed by atoms with E-state index in [9.17, 15) is 13.2 Å². The Hall–Kier alpha value is -2.34. The second kappa shape index (κ2) is 8.85. The Balaban J connectivity index is 2.18. The normalized spacial score (nSPS) is 12.4. The van der Waals surface area contributed by atoms with Gasteiger partial charge in [0, 0.05) is 11.6 Å². The topological polar surface area (TPSA) is 66.5 Å². The number of benzene rings is 2. The van der Waals surface area contributed by atoms with Crippen LogP contribution < -0.4 is 9.62 Å². The molecule has 2 aromatic carbocycles. The Bertz CT molecular complexity index is 818. The number of sulfonamides is 1. The zero-order valence-electron chi connectivity index (χ0n) is 15.5. The van der Waals surface area contributed by atoms with Crippen LogP contribution in [0.1, 0.15) is 42.6 Å². The quantitative estimate of drug-likeness (QED) is 0.768. The highest BCUT2D eigenvalue weighted by atomic mass is 32.2. The van der Waals surface area contributed by atoms with E-state index in [-0.39, 0.29) is 18.5 Å². The van der Waals surface area contributed by atoms with Gasteiger partial charge in [0.05, 0.1) is 18.5 Å². The standard InChI is InChI=1S/C20H26N2O3S/c1-4-8-16(2)21-20(23)18-11-13-19(14-12-18)22(26(3,24)25)15-17-9-6-5-7-10-17/h5-7,9-14,16H,4,8,15H2,1-3H3,(H,21,23). The van der Waals surface area contributed by atoms with Crippen LogP contribution in [-0.4, -0.2) is 26.6 Å². The first-order valence-electron chi connectivity index (χ1n) is 8.74. The first-order valence-corrected chi connectivity index (χ1v) is 10.6. The molecule has 1 unspecified atom stereocenters. The van der Waals surface area contributed by atoms with Crippen LogP contribution in [0.4, 0.5) is 5.69 Å². The number of hydrogen-bond acceptors (Lipinski definition) is 3. The molecule has 2 rings (SSSR count). The fourth-order valence-corrected chi connectivity index (χ4v) is 3.63. The summed E-state index contributed by atoms with van der Waals surface area (Å²) in [7, 11) is -3.44. The number of nitrogens with zero attached hydrogens (tertiary/aromatic N) is 1. The number of hydrogen-bond donors (Lipinski definition) is 1. The summed E-state index contributed by atoms with van der Waals surface area (Å²) in [4.78, 5) is 12.3. The minimum atomic E-state index is -3.44. The molecular weight excluding hydrogens is 348 g/mol. The molecule has 0 fully saturated rings. The second-order valence-corrected chi connectivity index (χ2v) is 8.37. The average molecular weight is 375 g/mol. The third kappa shape index (κ3) is 5.59. The van der Waals surface area contributed by atoms with Gasteiger partial charge in [-0.3, -0.25) is 9.10 Å². The first-order chi connectivity index (χ1) is 12.3. The van der Waals surface area contributed by atoms with E-state index in [1.54, 1.807) is 24.3 Å². The molecule has 1 atom stereocenters. The van der Waals surface area contributed by atoms with E-state index < -0.39 is 10.0 Å². The van der Waals surface area contributed by atoms with E-state index in [1.165, 1.54) is 10.6 Å². The summed E-state index contributed by atoms with van der Waals surface area (Å²) in [5.41, 5.74) is 1.95. The molecule has 0 saturated heterocycles. The minimum Gasteiger partial charge on any atom is -0.350 e. The lowest BCUT2D eigenvalue weighted by atomic mass is 10.1. The maximum atomic E-state index is 12.3. The number of nitrogens with one attached hydrogen (secondary N) is 1. The summed E-state index contributed by atoms with van der Waals surface area (Å²) < 4.78 is 25.8. The summed E-state index contributed by atoms with van der Waals surface area (Å²) in [6.45, 7) is 4.30. The molecule has 1 N–H and O–H groups in total. The van der Waals surface area contributed by atoms with Gasteiger partial charge in [0.25, 0.3) is 5.91 Å². The van der Waals surface area contributed by atoms with Crippen molar-refractivity contribution in [2.24, 2.45) is 0 Å². The van der Waals surface area contributed by atoms with Gasteiger partial charge in [-0.05, 0) is 43.2 Å². The first kappa shape index (κ1) is 20.0. The van der Waals surface area contributed by atoms with Crippen LogP contribution in [-0.2, 0) is 16.6 Å². The summed E-state index contributed by atoms with van der Waals surface area (Å²) >= 11 is 0. The Kier molecular flexibility index (Phi) is 6.80. The summed E-state index contributed by atoms with van der Waals surface area (Å²) in [5.74, 6) is -0.147. The highest BCUT2D eigenvalue weighted by Gasteiger charge is 2.18. The summed E-state index contributed by atoms with van der Waals surface area (Å²) in [6, 6.07) is 16.2. The van der Waals surface area contributed by atoms with Crippen molar-refractivity contribution in [3.63, 3.8) is 0 Å². The Morgan fingerprint density at radius 1 is 1.08 bits per heavy atom. The van der Waals surface area contributed by atoms with Crippen molar-refractivity contribution in [2.45, 2.75) is 39.3 Å².